The van der Waals surface area contributed by atoms with Crippen LogP contribution in [0.25, 0.3) is 11.1 Å². The van der Waals surface area contributed by atoms with Crippen LogP contribution >= 0.6 is 11.6 Å². The summed E-state index contributed by atoms with van der Waals surface area (Å²) in [5, 5.41) is 0.641. The van der Waals surface area contributed by atoms with Gasteiger partial charge in [0.15, 0.2) is 0 Å². The molecule has 2 heterocycles. The van der Waals surface area contributed by atoms with E-state index in [4.69, 9.17) is 16.3 Å². The molecule has 4 nitrogen and oxygen atoms in total. The average Bonchev–Trinajstić information content (AvgIpc) is 2.56. The zero-order valence-corrected chi connectivity index (χ0v) is 11.9. The molecule has 0 fully saturated rings. The summed E-state index contributed by atoms with van der Waals surface area (Å²) >= 11 is 6.08. The first-order valence-corrected chi connectivity index (χ1v) is 6.57. The maximum absolute atomic E-state index is 12.4. The number of pyridine rings is 1. The van der Waals surface area contributed by atoms with Crippen LogP contribution in [-0.2, 0) is 6.54 Å². The monoisotopic (exact) mass is 288 g/mol. The van der Waals surface area contributed by atoms with Crippen LogP contribution in [0.4, 0.5) is 0 Å². The first kappa shape index (κ1) is 12.9. The summed E-state index contributed by atoms with van der Waals surface area (Å²) in [6, 6.07) is 9.26. The Morgan fingerprint density at radius 2 is 2.05 bits per heavy atom. The van der Waals surface area contributed by atoms with Crippen molar-refractivity contribution in [1.82, 2.24) is 9.88 Å². The molecule has 3 rings (SSSR count). The third-order valence-corrected chi connectivity index (χ3v) is 3.63. The van der Waals surface area contributed by atoms with Gasteiger partial charge in [-0.15, -0.1) is 0 Å². The number of hydrogen-bond donors (Lipinski definition) is 0. The smallest absolute Gasteiger partial charge is 0.273 e. The molecular weight excluding hydrogens is 276 g/mol. The highest BCUT2D eigenvalue weighted by molar-refractivity contribution is 6.31. The number of ether oxygens (including phenoxy) is 1. The van der Waals surface area contributed by atoms with Gasteiger partial charge < -0.3 is 9.64 Å². The van der Waals surface area contributed by atoms with Crippen molar-refractivity contribution in [3.63, 3.8) is 0 Å². The summed E-state index contributed by atoms with van der Waals surface area (Å²) in [7, 11) is 3.29. The van der Waals surface area contributed by atoms with Crippen molar-refractivity contribution in [2.24, 2.45) is 0 Å². The zero-order chi connectivity index (χ0) is 14.3. The Hall–Kier alpha value is -2.07. The summed E-state index contributed by atoms with van der Waals surface area (Å²) in [5.74, 6) is 0.308. The number of carbonyl (C=O) groups excluding carboxylic acids is 1. The van der Waals surface area contributed by atoms with Crippen LogP contribution in [0.3, 0.4) is 0 Å². The number of amides is 1. The third-order valence-electron chi connectivity index (χ3n) is 3.40. The Labute approximate surface area is 122 Å². The lowest BCUT2D eigenvalue weighted by Gasteiger charge is -2.14. The van der Waals surface area contributed by atoms with E-state index in [-0.39, 0.29) is 5.91 Å². The highest BCUT2D eigenvalue weighted by Gasteiger charge is 2.25. The quantitative estimate of drug-likeness (QED) is 0.810. The highest BCUT2D eigenvalue weighted by atomic mass is 35.5. The molecular formula is C15H13ClN2O2. The summed E-state index contributed by atoms with van der Waals surface area (Å²) in [5.41, 5.74) is 3.18. The second kappa shape index (κ2) is 4.80. The molecule has 0 saturated heterocycles. The lowest BCUT2D eigenvalue weighted by atomic mass is 9.99. The number of halogens is 1. The van der Waals surface area contributed by atoms with E-state index in [1.165, 1.54) is 7.11 Å². The fraction of sp³-hybridized carbons (Fsp3) is 0.200. The van der Waals surface area contributed by atoms with Gasteiger partial charge in [0, 0.05) is 30.2 Å². The van der Waals surface area contributed by atoms with Crippen molar-refractivity contribution in [1.29, 1.82) is 0 Å². The number of aromatic nitrogens is 1. The topological polar surface area (TPSA) is 42.4 Å². The normalized spacial score (nSPS) is 13.6. The largest absolute Gasteiger partial charge is 0.481 e. The van der Waals surface area contributed by atoms with E-state index in [1.807, 2.05) is 24.3 Å². The molecule has 0 saturated carbocycles. The molecule has 5 heteroatoms. The number of rotatable bonds is 1. The van der Waals surface area contributed by atoms with Crippen LogP contribution in [0, 0.1) is 0 Å². The molecule has 20 heavy (non-hydrogen) atoms. The minimum absolute atomic E-state index is 0.119. The number of benzene rings is 1. The molecule has 1 aliphatic rings. The van der Waals surface area contributed by atoms with Crippen LogP contribution in [0.15, 0.2) is 30.3 Å². The molecule has 0 aliphatic carbocycles. The summed E-state index contributed by atoms with van der Waals surface area (Å²) in [6.45, 7) is 0.532. The van der Waals surface area contributed by atoms with E-state index in [1.54, 1.807) is 18.0 Å². The van der Waals surface area contributed by atoms with E-state index in [9.17, 15) is 4.79 Å². The number of nitrogens with zero attached hydrogens (tertiary/aromatic N) is 2. The molecule has 102 valence electrons. The lowest BCUT2D eigenvalue weighted by molar-refractivity contribution is 0.0782. The van der Waals surface area contributed by atoms with E-state index < -0.39 is 0 Å². The number of methoxy groups -OCH3 is 1. The van der Waals surface area contributed by atoms with Gasteiger partial charge in [-0.05, 0) is 29.3 Å². The van der Waals surface area contributed by atoms with Crippen molar-refractivity contribution in [3.8, 4) is 17.0 Å². The van der Waals surface area contributed by atoms with Gasteiger partial charge in [0.1, 0.15) is 5.69 Å². The predicted octanol–water partition coefficient (Wildman–Crippen LogP) is 3.00. The van der Waals surface area contributed by atoms with Crippen LogP contribution in [-0.4, -0.2) is 29.9 Å². The second-order valence-electron chi connectivity index (χ2n) is 4.71. The van der Waals surface area contributed by atoms with Crippen LogP contribution in [0.5, 0.6) is 5.88 Å². The van der Waals surface area contributed by atoms with E-state index in [2.05, 4.69) is 4.98 Å². The van der Waals surface area contributed by atoms with Gasteiger partial charge in [-0.25, -0.2) is 4.98 Å². The molecule has 0 atom stereocenters. The van der Waals surface area contributed by atoms with Gasteiger partial charge in [-0.3, -0.25) is 4.79 Å². The van der Waals surface area contributed by atoms with Crippen molar-refractivity contribution < 1.29 is 9.53 Å². The van der Waals surface area contributed by atoms with Gasteiger partial charge in [0.25, 0.3) is 5.91 Å². The number of hydrogen-bond acceptors (Lipinski definition) is 3. The Kier molecular flexibility index (Phi) is 3.10. The molecule has 0 N–H and O–H groups in total. The predicted molar refractivity (Wildman–Crippen MR) is 77.0 cm³/mol. The average molecular weight is 289 g/mol. The standard InChI is InChI=1S/C15H13ClN2O2/c1-18-8-9-3-4-10(16)7-12(9)11-5-6-13(20-2)17-14(11)15(18)19/h3-7H,8H2,1-2H3. The van der Waals surface area contributed by atoms with Gasteiger partial charge in [-0.2, -0.15) is 0 Å². The van der Waals surface area contributed by atoms with Gasteiger partial charge in [0.05, 0.1) is 7.11 Å². The molecule has 0 radical (unpaired) electrons. The molecule has 2 aromatic rings. The SMILES string of the molecule is COc1ccc2c(n1)C(=O)N(C)Cc1ccc(Cl)cc1-2. The van der Waals surface area contributed by atoms with E-state index in [0.717, 1.165) is 16.7 Å². The molecule has 1 aromatic heterocycles. The highest BCUT2D eigenvalue weighted by Crippen LogP contribution is 2.34. The van der Waals surface area contributed by atoms with Gasteiger partial charge in [-0.1, -0.05) is 17.7 Å². The molecule has 0 bridgehead atoms. The third kappa shape index (κ3) is 2.02. The van der Waals surface area contributed by atoms with Crippen LogP contribution in [0.1, 0.15) is 16.1 Å². The van der Waals surface area contributed by atoms with Gasteiger partial charge >= 0.3 is 0 Å². The summed E-state index contributed by atoms with van der Waals surface area (Å²) < 4.78 is 5.11. The Balaban J connectivity index is 2.30. The maximum atomic E-state index is 12.4. The van der Waals surface area contributed by atoms with E-state index >= 15 is 0 Å². The minimum atomic E-state index is -0.119. The Morgan fingerprint density at radius 1 is 1.25 bits per heavy atom. The Bertz CT molecular complexity index is 700. The van der Waals surface area contributed by atoms with Gasteiger partial charge in [0.2, 0.25) is 5.88 Å². The van der Waals surface area contributed by atoms with E-state index in [0.29, 0.717) is 23.1 Å². The zero-order valence-electron chi connectivity index (χ0n) is 11.2. The fourth-order valence-corrected chi connectivity index (χ4v) is 2.55. The fourth-order valence-electron chi connectivity index (χ4n) is 2.38. The summed E-state index contributed by atoms with van der Waals surface area (Å²) in [6.07, 6.45) is 0. The Morgan fingerprint density at radius 3 is 2.80 bits per heavy atom. The molecule has 1 amide bonds. The maximum Gasteiger partial charge on any atom is 0.273 e. The van der Waals surface area contributed by atoms with Crippen molar-refractivity contribution in [2.45, 2.75) is 6.54 Å². The lowest BCUT2D eigenvalue weighted by Crippen LogP contribution is -2.25. The van der Waals surface area contributed by atoms with Crippen molar-refractivity contribution in [3.05, 3.63) is 46.6 Å². The first-order chi connectivity index (χ1) is 9.60. The first-order valence-electron chi connectivity index (χ1n) is 6.19. The molecule has 0 spiro atoms. The molecule has 1 aliphatic heterocycles. The second-order valence-corrected chi connectivity index (χ2v) is 5.15. The minimum Gasteiger partial charge on any atom is -0.481 e. The number of carbonyl (C=O) groups is 1. The molecule has 1 aromatic carbocycles. The van der Waals surface area contributed by atoms with Crippen molar-refractivity contribution >= 4 is 17.5 Å². The van der Waals surface area contributed by atoms with Crippen LogP contribution in [0.2, 0.25) is 5.02 Å². The van der Waals surface area contributed by atoms with Crippen LogP contribution < -0.4 is 4.74 Å². The summed E-state index contributed by atoms with van der Waals surface area (Å²) in [4.78, 5) is 18.4. The number of fused-ring (bicyclic) bond motifs is 3. The van der Waals surface area contributed by atoms with Crippen molar-refractivity contribution in [2.75, 3.05) is 14.2 Å². The molecule has 0 unspecified atom stereocenters.